The minimum atomic E-state index is 0.146. The van der Waals surface area contributed by atoms with Gasteiger partial charge in [0.15, 0.2) is 0 Å². The van der Waals surface area contributed by atoms with Crippen LogP contribution in [0, 0.1) is 22.7 Å². The maximum absolute atomic E-state index is 8.89. The molecule has 2 rings (SSSR count). The Bertz CT molecular complexity index is 729. The molecule has 0 aromatic heterocycles. The molecule has 3 nitrogen and oxygen atoms in total. The van der Waals surface area contributed by atoms with E-state index < -0.39 is 0 Å². The van der Waals surface area contributed by atoms with E-state index in [4.69, 9.17) is 15.3 Å². The van der Waals surface area contributed by atoms with Gasteiger partial charge in [0.1, 0.15) is 23.5 Å². The Labute approximate surface area is 112 Å². The summed E-state index contributed by atoms with van der Waals surface area (Å²) in [6.45, 7) is 1.78. The van der Waals surface area contributed by atoms with Gasteiger partial charge < -0.3 is 4.74 Å². The zero-order valence-electron chi connectivity index (χ0n) is 10.8. The summed E-state index contributed by atoms with van der Waals surface area (Å²) in [5, 5.41) is 19.9. The van der Waals surface area contributed by atoms with Gasteiger partial charge in [-0.05, 0) is 47.0 Å². The maximum atomic E-state index is 8.89. The van der Waals surface area contributed by atoms with Crippen LogP contribution in [0.1, 0.15) is 12.5 Å². The summed E-state index contributed by atoms with van der Waals surface area (Å²) in [6.07, 6.45) is 0. The monoisotopic (exact) mass is 248 g/mol. The highest BCUT2D eigenvalue weighted by atomic mass is 16.5. The molecule has 0 aliphatic rings. The molecule has 0 unspecified atom stereocenters. The highest BCUT2D eigenvalue weighted by Gasteiger charge is 2.05. The van der Waals surface area contributed by atoms with Gasteiger partial charge in [-0.1, -0.05) is 18.2 Å². The SMILES string of the molecule is COc1ccc2cc(C(C)=C(C#N)C#N)ccc2c1. The standard InChI is InChI=1S/C16H12N2O/c1-11(15(9-17)10-18)12-3-4-14-8-16(19-2)6-5-13(14)7-12/h3-8H,1-2H3. The van der Waals surface area contributed by atoms with Gasteiger partial charge in [0, 0.05) is 0 Å². The number of ether oxygens (including phenoxy) is 1. The van der Waals surface area contributed by atoms with Crippen LogP contribution in [0.15, 0.2) is 42.0 Å². The summed E-state index contributed by atoms with van der Waals surface area (Å²) in [6, 6.07) is 15.5. The van der Waals surface area contributed by atoms with Crippen LogP contribution >= 0.6 is 0 Å². The Kier molecular flexibility index (Phi) is 3.50. The molecule has 0 bridgehead atoms. The van der Waals surface area contributed by atoms with E-state index in [-0.39, 0.29) is 5.57 Å². The van der Waals surface area contributed by atoms with Crippen molar-refractivity contribution in [2.24, 2.45) is 0 Å². The fourth-order valence-electron chi connectivity index (χ4n) is 1.92. The molecule has 2 aromatic rings. The molecule has 0 aliphatic carbocycles. The average Bonchev–Trinajstić information content (AvgIpc) is 2.47. The zero-order valence-corrected chi connectivity index (χ0v) is 10.8. The first-order valence-corrected chi connectivity index (χ1v) is 5.79. The second kappa shape index (κ2) is 5.25. The number of methoxy groups -OCH3 is 1. The first-order valence-electron chi connectivity index (χ1n) is 5.79. The molecule has 0 saturated heterocycles. The van der Waals surface area contributed by atoms with E-state index in [1.54, 1.807) is 14.0 Å². The third-order valence-electron chi connectivity index (χ3n) is 3.08. The molecule has 92 valence electrons. The highest BCUT2D eigenvalue weighted by Crippen LogP contribution is 2.25. The zero-order chi connectivity index (χ0) is 13.8. The first-order chi connectivity index (χ1) is 9.19. The number of fused-ring (bicyclic) bond motifs is 1. The molecule has 0 heterocycles. The molecule has 0 amide bonds. The van der Waals surface area contributed by atoms with Gasteiger partial charge in [-0.25, -0.2) is 0 Å². The number of rotatable bonds is 2. The fourth-order valence-corrected chi connectivity index (χ4v) is 1.92. The quantitative estimate of drug-likeness (QED) is 0.762. The molecular weight excluding hydrogens is 236 g/mol. The van der Waals surface area contributed by atoms with Crippen molar-refractivity contribution >= 4 is 16.3 Å². The summed E-state index contributed by atoms with van der Waals surface area (Å²) < 4.78 is 5.18. The molecule has 3 heteroatoms. The summed E-state index contributed by atoms with van der Waals surface area (Å²) in [5.74, 6) is 0.808. The number of hydrogen-bond acceptors (Lipinski definition) is 3. The summed E-state index contributed by atoms with van der Waals surface area (Å²) in [7, 11) is 1.63. The van der Waals surface area contributed by atoms with E-state index in [1.165, 1.54) is 0 Å². The molecule has 19 heavy (non-hydrogen) atoms. The normalized spacial score (nSPS) is 9.47. The highest BCUT2D eigenvalue weighted by molar-refractivity contribution is 5.88. The minimum absolute atomic E-state index is 0.146. The molecular formula is C16H12N2O. The van der Waals surface area contributed by atoms with Gasteiger partial charge in [0.2, 0.25) is 0 Å². The van der Waals surface area contributed by atoms with E-state index >= 15 is 0 Å². The Morgan fingerprint density at radius 2 is 1.63 bits per heavy atom. The number of allylic oxidation sites excluding steroid dienone is 2. The average molecular weight is 248 g/mol. The molecule has 0 radical (unpaired) electrons. The van der Waals surface area contributed by atoms with Crippen molar-refractivity contribution in [1.29, 1.82) is 10.5 Å². The van der Waals surface area contributed by atoms with Gasteiger partial charge in [0.25, 0.3) is 0 Å². The topological polar surface area (TPSA) is 56.8 Å². The van der Waals surface area contributed by atoms with Crippen LogP contribution in [0.5, 0.6) is 5.75 Å². The lowest BCUT2D eigenvalue weighted by Crippen LogP contribution is -1.86. The Balaban J connectivity index is 2.58. The predicted octanol–water partition coefficient (Wildman–Crippen LogP) is 3.67. The van der Waals surface area contributed by atoms with Crippen LogP contribution in [0.2, 0.25) is 0 Å². The number of benzene rings is 2. The Morgan fingerprint density at radius 1 is 1.00 bits per heavy atom. The van der Waals surface area contributed by atoms with Gasteiger partial charge in [-0.15, -0.1) is 0 Å². The molecule has 0 aliphatic heterocycles. The molecule has 0 saturated carbocycles. The predicted molar refractivity (Wildman–Crippen MR) is 74.3 cm³/mol. The lowest BCUT2D eigenvalue weighted by Gasteiger charge is -2.06. The van der Waals surface area contributed by atoms with E-state index in [0.29, 0.717) is 5.57 Å². The van der Waals surface area contributed by atoms with Gasteiger partial charge in [-0.2, -0.15) is 10.5 Å². The van der Waals surface area contributed by atoms with Crippen LogP contribution in [-0.2, 0) is 0 Å². The van der Waals surface area contributed by atoms with Gasteiger partial charge >= 0.3 is 0 Å². The summed E-state index contributed by atoms with van der Waals surface area (Å²) in [5.41, 5.74) is 1.73. The largest absolute Gasteiger partial charge is 0.497 e. The van der Waals surface area contributed by atoms with Gasteiger partial charge in [0.05, 0.1) is 7.11 Å². The van der Waals surface area contributed by atoms with Crippen LogP contribution in [0.3, 0.4) is 0 Å². The molecule has 2 aromatic carbocycles. The van der Waals surface area contributed by atoms with Crippen molar-refractivity contribution in [2.45, 2.75) is 6.92 Å². The number of nitrogens with zero attached hydrogens (tertiary/aromatic N) is 2. The number of hydrogen-bond donors (Lipinski definition) is 0. The van der Waals surface area contributed by atoms with E-state index in [0.717, 1.165) is 22.1 Å². The van der Waals surface area contributed by atoms with Crippen molar-refractivity contribution in [3.8, 4) is 17.9 Å². The summed E-state index contributed by atoms with van der Waals surface area (Å²) >= 11 is 0. The molecule has 0 atom stereocenters. The fraction of sp³-hybridized carbons (Fsp3) is 0.125. The van der Waals surface area contributed by atoms with Crippen LogP contribution in [0.25, 0.3) is 16.3 Å². The van der Waals surface area contributed by atoms with Crippen LogP contribution < -0.4 is 4.74 Å². The molecule has 0 N–H and O–H groups in total. The second-order valence-electron chi connectivity index (χ2n) is 4.15. The summed E-state index contributed by atoms with van der Waals surface area (Å²) in [4.78, 5) is 0. The minimum Gasteiger partial charge on any atom is -0.497 e. The second-order valence-corrected chi connectivity index (χ2v) is 4.15. The van der Waals surface area contributed by atoms with Crippen molar-refractivity contribution in [3.05, 3.63) is 47.5 Å². The van der Waals surface area contributed by atoms with Crippen molar-refractivity contribution in [3.63, 3.8) is 0 Å². The first kappa shape index (κ1) is 12.7. The van der Waals surface area contributed by atoms with Crippen LogP contribution in [-0.4, -0.2) is 7.11 Å². The lowest BCUT2D eigenvalue weighted by molar-refractivity contribution is 0.415. The van der Waals surface area contributed by atoms with Crippen molar-refractivity contribution in [1.82, 2.24) is 0 Å². The van der Waals surface area contributed by atoms with E-state index in [9.17, 15) is 0 Å². The van der Waals surface area contributed by atoms with Crippen LogP contribution in [0.4, 0.5) is 0 Å². The lowest BCUT2D eigenvalue weighted by atomic mass is 9.99. The third kappa shape index (κ3) is 2.41. The molecule has 0 spiro atoms. The Hall–Kier alpha value is -2.78. The van der Waals surface area contributed by atoms with E-state index in [2.05, 4.69) is 0 Å². The number of nitriles is 2. The molecule has 0 fully saturated rings. The Morgan fingerprint density at radius 3 is 2.26 bits per heavy atom. The van der Waals surface area contributed by atoms with Gasteiger partial charge in [-0.3, -0.25) is 0 Å². The van der Waals surface area contributed by atoms with E-state index in [1.807, 2.05) is 48.5 Å². The maximum Gasteiger partial charge on any atom is 0.133 e. The van der Waals surface area contributed by atoms with Crippen molar-refractivity contribution < 1.29 is 4.74 Å². The van der Waals surface area contributed by atoms with Crippen molar-refractivity contribution in [2.75, 3.05) is 7.11 Å². The smallest absolute Gasteiger partial charge is 0.133 e. The third-order valence-corrected chi connectivity index (χ3v) is 3.08.